The van der Waals surface area contributed by atoms with Gasteiger partial charge in [0.2, 0.25) is 0 Å². The molecule has 1 aliphatic heterocycles. The van der Waals surface area contributed by atoms with E-state index >= 15 is 0 Å². The number of aromatic hydroxyl groups is 2. The average molecular weight is 264 g/mol. The van der Waals surface area contributed by atoms with Crippen molar-refractivity contribution in [3.05, 3.63) is 23.8 Å². The quantitative estimate of drug-likeness (QED) is 0.714. The Labute approximate surface area is 112 Å². The molecule has 1 amide bonds. The molecule has 1 unspecified atom stereocenters. The van der Waals surface area contributed by atoms with E-state index in [9.17, 15) is 15.0 Å². The minimum Gasteiger partial charge on any atom is -0.508 e. The van der Waals surface area contributed by atoms with E-state index in [2.05, 4.69) is 17.1 Å². The van der Waals surface area contributed by atoms with E-state index in [1.807, 2.05) is 0 Å². The molecular formula is C14H20N2O3. The number of amides is 1. The normalized spacial score (nSPS) is 19.5. The van der Waals surface area contributed by atoms with Crippen molar-refractivity contribution in [3.63, 3.8) is 0 Å². The van der Waals surface area contributed by atoms with Gasteiger partial charge in [0.25, 0.3) is 5.91 Å². The first-order valence-electron chi connectivity index (χ1n) is 6.62. The Hall–Kier alpha value is -1.75. The second-order valence-electron chi connectivity index (χ2n) is 4.96. The van der Waals surface area contributed by atoms with Gasteiger partial charge in [-0.3, -0.25) is 4.79 Å². The molecule has 0 aromatic heterocycles. The second-order valence-corrected chi connectivity index (χ2v) is 4.96. The lowest BCUT2D eigenvalue weighted by molar-refractivity contribution is 0.0944. The van der Waals surface area contributed by atoms with Gasteiger partial charge in [0.15, 0.2) is 0 Å². The monoisotopic (exact) mass is 264 g/mol. The standard InChI is InChI=1S/C14H20N2O3/c1-2-16-6-5-10(9-16)8-15-14(19)12-7-11(17)3-4-13(12)18/h3-4,7,10,17-18H,2,5-6,8-9H2,1H3,(H,15,19). The summed E-state index contributed by atoms with van der Waals surface area (Å²) in [6.07, 6.45) is 1.08. The SMILES string of the molecule is CCN1CCC(CNC(=O)c2cc(O)ccc2O)C1. The van der Waals surface area contributed by atoms with Crippen LogP contribution in [-0.2, 0) is 0 Å². The van der Waals surface area contributed by atoms with E-state index in [1.54, 1.807) is 0 Å². The maximum atomic E-state index is 11.9. The molecule has 1 saturated heterocycles. The lowest BCUT2D eigenvalue weighted by Gasteiger charge is -2.14. The van der Waals surface area contributed by atoms with Crippen molar-refractivity contribution >= 4 is 5.91 Å². The molecule has 0 bridgehead atoms. The Morgan fingerprint density at radius 2 is 2.26 bits per heavy atom. The van der Waals surface area contributed by atoms with E-state index < -0.39 is 0 Å². The van der Waals surface area contributed by atoms with Crippen LogP contribution < -0.4 is 5.32 Å². The molecule has 1 aliphatic rings. The molecule has 1 atom stereocenters. The van der Waals surface area contributed by atoms with E-state index in [0.717, 1.165) is 26.1 Å². The topological polar surface area (TPSA) is 72.8 Å². The van der Waals surface area contributed by atoms with Crippen molar-refractivity contribution in [2.24, 2.45) is 5.92 Å². The van der Waals surface area contributed by atoms with Crippen molar-refractivity contribution in [1.29, 1.82) is 0 Å². The maximum Gasteiger partial charge on any atom is 0.255 e. The summed E-state index contributed by atoms with van der Waals surface area (Å²) < 4.78 is 0. The number of hydrogen-bond acceptors (Lipinski definition) is 4. The van der Waals surface area contributed by atoms with Crippen molar-refractivity contribution in [2.75, 3.05) is 26.2 Å². The summed E-state index contributed by atoms with van der Waals surface area (Å²) in [5.41, 5.74) is 0.116. The largest absolute Gasteiger partial charge is 0.508 e. The summed E-state index contributed by atoms with van der Waals surface area (Å²) in [6, 6.07) is 3.94. The first kappa shape index (κ1) is 13.7. The zero-order valence-electron chi connectivity index (χ0n) is 11.1. The number of nitrogens with zero attached hydrogens (tertiary/aromatic N) is 1. The van der Waals surface area contributed by atoms with Crippen LogP contribution in [0.2, 0.25) is 0 Å². The van der Waals surface area contributed by atoms with Gasteiger partial charge in [-0.1, -0.05) is 6.92 Å². The van der Waals surface area contributed by atoms with Gasteiger partial charge in [0, 0.05) is 13.1 Å². The van der Waals surface area contributed by atoms with Crippen LogP contribution in [0.15, 0.2) is 18.2 Å². The van der Waals surface area contributed by atoms with Gasteiger partial charge in [-0.05, 0) is 43.6 Å². The number of likely N-dealkylation sites (tertiary alicyclic amines) is 1. The van der Waals surface area contributed by atoms with Crippen LogP contribution in [0.25, 0.3) is 0 Å². The molecule has 1 heterocycles. The number of rotatable bonds is 4. The molecule has 19 heavy (non-hydrogen) atoms. The predicted molar refractivity (Wildman–Crippen MR) is 72.3 cm³/mol. The third-order valence-electron chi connectivity index (χ3n) is 3.59. The highest BCUT2D eigenvalue weighted by molar-refractivity contribution is 5.97. The van der Waals surface area contributed by atoms with Gasteiger partial charge in [-0.25, -0.2) is 0 Å². The first-order chi connectivity index (χ1) is 9.10. The summed E-state index contributed by atoms with van der Waals surface area (Å²) in [6.45, 7) is 5.85. The van der Waals surface area contributed by atoms with Crippen molar-refractivity contribution in [1.82, 2.24) is 10.2 Å². The molecule has 0 aliphatic carbocycles. The van der Waals surface area contributed by atoms with Crippen molar-refractivity contribution in [3.8, 4) is 11.5 Å². The Bertz CT molecular complexity index is 462. The highest BCUT2D eigenvalue weighted by atomic mass is 16.3. The summed E-state index contributed by atoms with van der Waals surface area (Å²) in [5.74, 6) is -0.0235. The minimum atomic E-state index is -0.344. The van der Waals surface area contributed by atoms with Crippen LogP contribution in [0.1, 0.15) is 23.7 Å². The fourth-order valence-corrected chi connectivity index (χ4v) is 2.40. The number of carbonyl (C=O) groups excluding carboxylic acids is 1. The van der Waals surface area contributed by atoms with Gasteiger partial charge in [-0.15, -0.1) is 0 Å². The van der Waals surface area contributed by atoms with E-state index in [4.69, 9.17) is 0 Å². The van der Waals surface area contributed by atoms with Crippen LogP contribution in [0.3, 0.4) is 0 Å². The zero-order valence-corrected chi connectivity index (χ0v) is 11.1. The molecule has 1 aromatic carbocycles. The molecule has 3 N–H and O–H groups in total. The second kappa shape index (κ2) is 5.93. The van der Waals surface area contributed by atoms with Gasteiger partial charge in [0.05, 0.1) is 5.56 Å². The number of carbonyl (C=O) groups is 1. The Morgan fingerprint density at radius 1 is 1.47 bits per heavy atom. The van der Waals surface area contributed by atoms with Gasteiger partial charge < -0.3 is 20.4 Å². The Balaban J connectivity index is 1.89. The third kappa shape index (κ3) is 3.38. The molecule has 104 valence electrons. The Morgan fingerprint density at radius 3 is 2.95 bits per heavy atom. The van der Waals surface area contributed by atoms with Crippen LogP contribution in [-0.4, -0.2) is 47.2 Å². The smallest absolute Gasteiger partial charge is 0.255 e. The summed E-state index contributed by atoms with van der Waals surface area (Å²) >= 11 is 0. The highest BCUT2D eigenvalue weighted by Gasteiger charge is 2.22. The molecule has 0 spiro atoms. The molecule has 2 rings (SSSR count). The average Bonchev–Trinajstić information content (AvgIpc) is 2.87. The van der Waals surface area contributed by atoms with Crippen LogP contribution >= 0.6 is 0 Å². The van der Waals surface area contributed by atoms with E-state index in [0.29, 0.717) is 12.5 Å². The lowest BCUT2D eigenvalue weighted by atomic mass is 10.1. The summed E-state index contributed by atoms with van der Waals surface area (Å²) in [7, 11) is 0. The lowest BCUT2D eigenvalue weighted by Crippen LogP contribution is -2.31. The number of phenols is 2. The van der Waals surface area contributed by atoms with Crippen LogP contribution in [0.4, 0.5) is 0 Å². The molecule has 0 saturated carbocycles. The molecule has 1 aromatic rings. The van der Waals surface area contributed by atoms with Gasteiger partial charge in [0.1, 0.15) is 11.5 Å². The minimum absolute atomic E-state index is 0.0269. The number of phenolic OH excluding ortho intramolecular Hbond substituents is 2. The first-order valence-corrected chi connectivity index (χ1v) is 6.62. The molecular weight excluding hydrogens is 244 g/mol. The molecule has 0 radical (unpaired) electrons. The zero-order chi connectivity index (χ0) is 13.8. The number of hydrogen-bond donors (Lipinski definition) is 3. The molecule has 5 heteroatoms. The van der Waals surface area contributed by atoms with Crippen LogP contribution in [0.5, 0.6) is 11.5 Å². The summed E-state index contributed by atoms with van der Waals surface area (Å²) in [5, 5.41) is 21.7. The third-order valence-corrected chi connectivity index (χ3v) is 3.59. The Kier molecular flexibility index (Phi) is 4.27. The fraction of sp³-hybridized carbons (Fsp3) is 0.500. The number of benzene rings is 1. The van der Waals surface area contributed by atoms with E-state index in [-0.39, 0.29) is 23.0 Å². The highest BCUT2D eigenvalue weighted by Crippen LogP contribution is 2.22. The summed E-state index contributed by atoms with van der Waals surface area (Å²) in [4.78, 5) is 14.3. The van der Waals surface area contributed by atoms with E-state index in [1.165, 1.54) is 18.2 Å². The van der Waals surface area contributed by atoms with Crippen LogP contribution in [0, 0.1) is 5.92 Å². The maximum absolute atomic E-state index is 11.9. The number of nitrogens with one attached hydrogen (secondary N) is 1. The molecule has 1 fully saturated rings. The fourth-order valence-electron chi connectivity index (χ4n) is 2.40. The van der Waals surface area contributed by atoms with Crippen molar-refractivity contribution < 1.29 is 15.0 Å². The van der Waals surface area contributed by atoms with Gasteiger partial charge >= 0.3 is 0 Å². The predicted octanol–water partition coefficient (Wildman–Crippen LogP) is 1.17. The molecule has 5 nitrogen and oxygen atoms in total. The van der Waals surface area contributed by atoms with Crippen molar-refractivity contribution in [2.45, 2.75) is 13.3 Å². The van der Waals surface area contributed by atoms with Gasteiger partial charge in [-0.2, -0.15) is 0 Å².